The molecule has 0 aliphatic rings. The number of hydrogen-bond acceptors (Lipinski definition) is 2. The highest BCUT2D eigenvalue weighted by Gasteiger charge is 2.10. The number of aromatic nitrogens is 2. The summed E-state index contributed by atoms with van der Waals surface area (Å²) >= 11 is 6.07. The molecule has 0 aliphatic heterocycles. The highest BCUT2D eigenvalue weighted by Crippen LogP contribution is 2.16. The van der Waals surface area contributed by atoms with Gasteiger partial charge in [-0.1, -0.05) is 35.9 Å². The van der Waals surface area contributed by atoms with Crippen molar-refractivity contribution < 1.29 is 0 Å². The van der Waals surface area contributed by atoms with Crippen LogP contribution in [-0.4, -0.2) is 34.5 Å². The number of aliphatic imine (C=N–C) groups is 1. The van der Waals surface area contributed by atoms with Crippen molar-refractivity contribution in [3.05, 3.63) is 65.1 Å². The summed E-state index contributed by atoms with van der Waals surface area (Å²) in [7, 11) is 5.79. The van der Waals surface area contributed by atoms with Crippen LogP contribution in [0.4, 0.5) is 0 Å². The second-order valence-corrected chi connectivity index (χ2v) is 6.45. The molecule has 2 aromatic heterocycles. The van der Waals surface area contributed by atoms with Crippen LogP contribution in [-0.2, 0) is 20.1 Å². The zero-order valence-electron chi connectivity index (χ0n) is 15.1. The Hall–Kier alpha value is -1.80. The molecule has 0 saturated carbocycles. The van der Waals surface area contributed by atoms with E-state index in [-0.39, 0.29) is 24.0 Å². The molecule has 0 aliphatic carbocycles. The lowest BCUT2D eigenvalue weighted by Gasteiger charge is -2.22. The number of nitrogens with zero attached hydrogens (tertiary/aromatic N) is 4. The normalized spacial score (nSPS) is 11.3. The first-order valence-corrected chi connectivity index (χ1v) is 8.51. The molecule has 7 heteroatoms. The number of aryl methyl sites for hydroxylation is 1. The quantitative estimate of drug-likeness (QED) is 0.346. The second-order valence-electron chi connectivity index (χ2n) is 6.01. The summed E-state index contributed by atoms with van der Waals surface area (Å²) in [5, 5.41) is 5.31. The molecule has 1 aromatic carbocycles. The van der Waals surface area contributed by atoms with Crippen LogP contribution in [0.1, 0.15) is 11.3 Å². The maximum atomic E-state index is 6.07. The molecule has 0 amide bonds. The Morgan fingerprint density at radius 1 is 1.31 bits per heavy atom. The maximum Gasteiger partial charge on any atom is 0.194 e. The predicted molar refractivity (Wildman–Crippen MR) is 119 cm³/mol. The van der Waals surface area contributed by atoms with E-state index in [2.05, 4.69) is 44.5 Å². The fourth-order valence-corrected chi connectivity index (χ4v) is 3.18. The maximum absolute atomic E-state index is 6.07. The van der Waals surface area contributed by atoms with Gasteiger partial charge in [-0.05, 0) is 17.7 Å². The van der Waals surface area contributed by atoms with Crippen LogP contribution in [0.3, 0.4) is 0 Å². The van der Waals surface area contributed by atoms with Crippen LogP contribution < -0.4 is 5.32 Å². The molecule has 138 valence electrons. The van der Waals surface area contributed by atoms with Gasteiger partial charge in [0, 0.05) is 51.2 Å². The summed E-state index contributed by atoms with van der Waals surface area (Å²) in [5.41, 5.74) is 3.29. The fourth-order valence-electron chi connectivity index (χ4n) is 2.91. The lowest BCUT2D eigenvalue weighted by molar-refractivity contribution is 0.462. The number of hydrogen-bond donors (Lipinski definition) is 1. The van der Waals surface area contributed by atoms with Crippen molar-refractivity contribution in [1.29, 1.82) is 0 Å². The zero-order chi connectivity index (χ0) is 17.8. The first-order valence-electron chi connectivity index (χ1n) is 8.13. The third kappa shape index (κ3) is 4.67. The third-order valence-corrected chi connectivity index (χ3v) is 4.41. The fraction of sp³-hybridized carbons (Fsp3) is 0.263. The van der Waals surface area contributed by atoms with Gasteiger partial charge in [0.15, 0.2) is 5.96 Å². The van der Waals surface area contributed by atoms with E-state index >= 15 is 0 Å². The van der Waals surface area contributed by atoms with E-state index in [0.29, 0.717) is 6.54 Å². The molecule has 0 atom stereocenters. The first-order chi connectivity index (χ1) is 12.1. The number of para-hydroxylation sites is 1. The van der Waals surface area contributed by atoms with Crippen LogP contribution in [0.15, 0.2) is 53.8 Å². The molecule has 3 rings (SSSR count). The minimum atomic E-state index is 0. The summed E-state index contributed by atoms with van der Waals surface area (Å²) in [4.78, 5) is 11.0. The van der Waals surface area contributed by atoms with Crippen LogP contribution >= 0.6 is 35.6 Å². The molecule has 2 heterocycles. The summed E-state index contributed by atoms with van der Waals surface area (Å²) < 4.78 is 2.03. The average molecular weight is 484 g/mol. The number of benzene rings is 1. The van der Waals surface area contributed by atoms with Crippen molar-refractivity contribution in [2.45, 2.75) is 13.1 Å². The molecule has 26 heavy (non-hydrogen) atoms. The van der Waals surface area contributed by atoms with E-state index in [1.54, 1.807) is 7.05 Å². The molecule has 0 spiro atoms. The predicted octanol–water partition coefficient (Wildman–Crippen LogP) is 4.05. The van der Waals surface area contributed by atoms with Crippen LogP contribution in [0.5, 0.6) is 0 Å². The van der Waals surface area contributed by atoms with E-state index in [9.17, 15) is 0 Å². The third-order valence-electron chi connectivity index (χ3n) is 4.20. The lowest BCUT2D eigenvalue weighted by atomic mass is 10.1. The number of rotatable bonds is 4. The molecule has 1 N–H and O–H groups in total. The van der Waals surface area contributed by atoms with Gasteiger partial charge >= 0.3 is 0 Å². The topological polar surface area (TPSA) is 45.5 Å². The van der Waals surface area contributed by atoms with Crippen molar-refractivity contribution >= 4 is 52.4 Å². The number of fused-ring (bicyclic) bond motifs is 1. The Labute approximate surface area is 176 Å². The van der Waals surface area contributed by atoms with Gasteiger partial charge in [-0.25, -0.2) is 0 Å². The summed E-state index contributed by atoms with van der Waals surface area (Å²) in [5.74, 6) is 0.824. The van der Waals surface area contributed by atoms with E-state index in [4.69, 9.17) is 11.6 Å². The van der Waals surface area contributed by atoms with Gasteiger partial charge in [0.1, 0.15) is 0 Å². The Kier molecular flexibility index (Phi) is 7.28. The molecule has 0 saturated heterocycles. The molecular weight excluding hydrogens is 461 g/mol. The molecule has 0 bridgehead atoms. The van der Waals surface area contributed by atoms with Gasteiger partial charge in [-0.2, -0.15) is 0 Å². The standard InChI is InChI=1S/C19H22ClN5.HI/c1-21-19(25(3)13-17-10-16(20)12-24(17)2)23-11-15-7-4-6-14-8-5-9-22-18(14)15;/h4-10,12H,11,13H2,1-3H3,(H,21,23);1H. The van der Waals surface area contributed by atoms with Crippen molar-refractivity contribution in [3.8, 4) is 0 Å². The molecule has 5 nitrogen and oxygen atoms in total. The average Bonchev–Trinajstić information content (AvgIpc) is 2.92. The van der Waals surface area contributed by atoms with Crippen molar-refractivity contribution in [3.63, 3.8) is 0 Å². The van der Waals surface area contributed by atoms with E-state index in [1.165, 1.54) is 0 Å². The van der Waals surface area contributed by atoms with Gasteiger partial charge in [-0.3, -0.25) is 9.98 Å². The number of pyridine rings is 1. The highest BCUT2D eigenvalue weighted by atomic mass is 127. The number of nitrogens with one attached hydrogen (secondary N) is 1. The minimum Gasteiger partial charge on any atom is -0.352 e. The SMILES string of the molecule is CN=C(NCc1cccc2cccnc12)N(C)Cc1cc(Cl)cn1C.I. The highest BCUT2D eigenvalue weighted by molar-refractivity contribution is 14.0. The largest absolute Gasteiger partial charge is 0.352 e. The van der Waals surface area contributed by atoms with E-state index < -0.39 is 0 Å². The molecule has 0 radical (unpaired) electrons. The smallest absolute Gasteiger partial charge is 0.194 e. The monoisotopic (exact) mass is 483 g/mol. The van der Waals surface area contributed by atoms with Gasteiger partial charge < -0.3 is 14.8 Å². The van der Waals surface area contributed by atoms with Gasteiger partial charge in [-0.15, -0.1) is 24.0 Å². The first kappa shape index (κ1) is 20.5. The summed E-state index contributed by atoms with van der Waals surface area (Å²) in [6.45, 7) is 1.38. The lowest BCUT2D eigenvalue weighted by Crippen LogP contribution is -2.38. The van der Waals surface area contributed by atoms with E-state index in [0.717, 1.165) is 39.7 Å². The molecule has 0 fully saturated rings. The van der Waals surface area contributed by atoms with Crippen LogP contribution in [0, 0.1) is 0 Å². The summed E-state index contributed by atoms with van der Waals surface area (Å²) in [6.07, 6.45) is 3.73. The Morgan fingerprint density at radius 3 is 2.77 bits per heavy atom. The Morgan fingerprint density at radius 2 is 2.08 bits per heavy atom. The Bertz CT molecular complexity index is 901. The summed E-state index contributed by atoms with van der Waals surface area (Å²) in [6, 6.07) is 12.2. The Balaban J connectivity index is 0.00000243. The molecule has 3 aromatic rings. The molecular formula is C19H23ClIN5. The molecule has 0 unspecified atom stereocenters. The van der Waals surface area contributed by atoms with Crippen LogP contribution in [0.2, 0.25) is 5.02 Å². The van der Waals surface area contributed by atoms with E-state index in [1.807, 2.05) is 43.2 Å². The van der Waals surface area contributed by atoms with Gasteiger partial charge in [0.05, 0.1) is 17.1 Å². The second kappa shape index (κ2) is 9.23. The van der Waals surface area contributed by atoms with Crippen molar-refractivity contribution in [2.75, 3.05) is 14.1 Å². The van der Waals surface area contributed by atoms with Crippen molar-refractivity contribution in [1.82, 2.24) is 19.8 Å². The zero-order valence-corrected chi connectivity index (χ0v) is 18.2. The van der Waals surface area contributed by atoms with Crippen molar-refractivity contribution in [2.24, 2.45) is 12.0 Å². The van der Waals surface area contributed by atoms with Gasteiger partial charge in [0.25, 0.3) is 0 Å². The van der Waals surface area contributed by atoms with Crippen LogP contribution in [0.25, 0.3) is 10.9 Å². The van der Waals surface area contributed by atoms with Gasteiger partial charge in [0.2, 0.25) is 0 Å². The number of halogens is 2. The minimum absolute atomic E-state index is 0. The number of guanidine groups is 1.